The number of carbonyl (C=O) groups is 2. The Morgan fingerprint density at radius 1 is 1.17 bits per heavy atom. The van der Waals surface area contributed by atoms with Crippen molar-refractivity contribution in [2.75, 3.05) is 65.2 Å². The summed E-state index contributed by atoms with van der Waals surface area (Å²) in [6.45, 7) is 9.07. The summed E-state index contributed by atoms with van der Waals surface area (Å²) in [6.07, 6.45) is 7.02. The van der Waals surface area contributed by atoms with Gasteiger partial charge in [0.15, 0.2) is 5.65 Å². The summed E-state index contributed by atoms with van der Waals surface area (Å²) in [6, 6.07) is 2.21. The van der Waals surface area contributed by atoms with Crippen molar-refractivity contribution in [3.8, 4) is 5.88 Å². The van der Waals surface area contributed by atoms with E-state index < -0.39 is 0 Å². The molecule has 5 heterocycles. The highest BCUT2D eigenvalue weighted by Gasteiger charge is 2.57. The Morgan fingerprint density at radius 3 is 2.63 bits per heavy atom. The zero-order chi connectivity index (χ0) is 28.7. The van der Waals surface area contributed by atoms with Crippen molar-refractivity contribution in [3.63, 3.8) is 0 Å². The van der Waals surface area contributed by atoms with Gasteiger partial charge in [-0.25, -0.2) is 4.79 Å². The van der Waals surface area contributed by atoms with Gasteiger partial charge in [-0.2, -0.15) is 14.6 Å². The van der Waals surface area contributed by atoms with Crippen LogP contribution in [0.25, 0.3) is 5.65 Å². The lowest BCUT2D eigenvalue weighted by Crippen LogP contribution is -2.56. The number of ether oxygens (including phenoxy) is 2. The largest absolute Gasteiger partial charge is 0.473 e. The standard InChI is InChI=1S/C29H42N8O4/c1-18(2)21-13-31-37-24(11-25(33-28(21)37)40-19-7-5-9-30-12-19)32-27-22-16-36(17-23(22)27)29(39)41-20-14-35(15-20)26(38)8-6-10-34(3)4/h6,8,11,13,18-20,22-23,27,30,32H,5,7,9-10,12,14-17H2,1-4H3/b8-6+/t19-,22?,23?,27?/m1/s1. The number of fused-ring (bicyclic) bond motifs is 2. The van der Waals surface area contributed by atoms with Gasteiger partial charge in [-0.1, -0.05) is 19.9 Å². The van der Waals surface area contributed by atoms with Crippen LogP contribution in [0.4, 0.5) is 10.6 Å². The van der Waals surface area contributed by atoms with Crippen LogP contribution in [0.3, 0.4) is 0 Å². The number of rotatable bonds is 9. The summed E-state index contributed by atoms with van der Waals surface area (Å²) in [7, 11) is 3.91. The fraction of sp³-hybridized carbons (Fsp3) is 0.655. The molecule has 3 aliphatic heterocycles. The Balaban J connectivity index is 1.02. The van der Waals surface area contributed by atoms with E-state index in [0.29, 0.717) is 56.4 Å². The van der Waals surface area contributed by atoms with E-state index in [1.165, 1.54) is 0 Å². The average molecular weight is 567 g/mol. The van der Waals surface area contributed by atoms with Crippen LogP contribution in [0.1, 0.15) is 38.2 Å². The summed E-state index contributed by atoms with van der Waals surface area (Å²) < 4.78 is 13.9. The zero-order valence-corrected chi connectivity index (χ0v) is 24.5. The Morgan fingerprint density at radius 2 is 1.95 bits per heavy atom. The fourth-order valence-electron chi connectivity index (χ4n) is 6.06. The van der Waals surface area contributed by atoms with Gasteiger partial charge in [-0.15, -0.1) is 0 Å². The van der Waals surface area contributed by atoms with Crippen LogP contribution in [0.15, 0.2) is 24.4 Å². The minimum atomic E-state index is -0.284. The zero-order valence-electron chi connectivity index (χ0n) is 24.5. The van der Waals surface area contributed by atoms with Gasteiger partial charge in [0.1, 0.15) is 18.0 Å². The van der Waals surface area contributed by atoms with E-state index in [-0.39, 0.29) is 30.3 Å². The molecule has 2 aromatic rings. The maximum atomic E-state index is 12.8. The van der Waals surface area contributed by atoms with Gasteiger partial charge in [-0.05, 0) is 39.4 Å². The van der Waals surface area contributed by atoms with E-state index in [2.05, 4.69) is 29.6 Å². The van der Waals surface area contributed by atoms with Crippen LogP contribution in [-0.4, -0.2) is 119 Å². The van der Waals surface area contributed by atoms with Gasteiger partial charge in [0.2, 0.25) is 11.8 Å². The van der Waals surface area contributed by atoms with Crippen LogP contribution >= 0.6 is 0 Å². The molecule has 1 aliphatic carbocycles. The van der Waals surface area contributed by atoms with Crippen molar-refractivity contribution in [1.82, 2.24) is 34.6 Å². The Bertz CT molecular complexity index is 1290. The minimum Gasteiger partial charge on any atom is -0.473 e. The number of likely N-dealkylation sites (tertiary alicyclic amines) is 2. The van der Waals surface area contributed by atoms with Crippen molar-refractivity contribution >= 4 is 23.5 Å². The van der Waals surface area contributed by atoms with Gasteiger partial charge in [-0.3, -0.25) is 4.79 Å². The monoisotopic (exact) mass is 566 g/mol. The molecule has 3 saturated heterocycles. The number of aromatic nitrogens is 3. The van der Waals surface area contributed by atoms with Crippen molar-refractivity contribution in [3.05, 3.63) is 30.0 Å². The highest BCUT2D eigenvalue weighted by atomic mass is 16.6. The number of carbonyl (C=O) groups excluding carboxylic acids is 2. The van der Waals surface area contributed by atoms with Crippen LogP contribution in [0.5, 0.6) is 5.88 Å². The molecule has 12 nitrogen and oxygen atoms in total. The van der Waals surface area contributed by atoms with Crippen molar-refractivity contribution < 1.29 is 19.1 Å². The molecular formula is C29H42N8O4. The minimum absolute atomic E-state index is 0.0395. The summed E-state index contributed by atoms with van der Waals surface area (Å²) in [4.78, 5) is 35.3. The van der Waals surface area contributed by atoms with Crippen molar-refractivity contribution in [1.29, 1.82) is 0 Å². The first-order valence-corrected chi connectivity index (χ1v) is 14.8. The second kappa shape index (κ2) is 11.5. The van der Waals surface area contributed by atoms with E-state index in [0.717, 1.165) is 43.0 Å². The quantitative estimate of drug-likeness (QED) is 0.438. The third-order valence-electron chi connectivity index (χ3n) is 8.56. The molecule has 2 N–H and O–H groups in total. The highest BCUT2D eigenvalue weighted by Crippen LogP contribution is 2.47. The van der Waals surface area contributed by atoms with E-state index in [1.54, 1.807) is 15.9 Å². The van der Waals surface area contributed by atoms with Crippen molar-refractivity contribution in [2.45, 2.75) is 50.9 Å². The lowest BCUT2D eigenvalue weighted by molar-refractivity contribution is -0.136. The topological polar surface area (TPSA) is 117 Å². The first kappa shape index (κ1) is 27.8. The van der Waals surface area contributed by atoms with E-state index in [9.17, 15) is 9.59 Å². The maximum Gasteiger partial charge on any atom is 0.410 e. The Labute approximate surface area is 241 Å². The molecule has 6 rings (SSSR count). The molecule has 0 radical (unpaired) electrons. The number of anilines is 1. The normalized spacial score (nSPS) is 26.1. The molecule has 2 aromatic heterocycles. The van der Waals surface area contributed by atoms with Gasteiger partial charge in [0, 0.05) is 61.8 Å². The Kier molecular flexibility index (Phi) is 7.78. The summed E-state index contributed by atoms with van der Waals surface area (Å²) in [5.74, 6) is 2.46. The van der Waals surface area contributed by atoms with E-state index in [1.807, 2.05) is 41.8 Å². The highest BCUT2D eigenvalue weighted by molar-refractivity contribution is 5.88. The molecule has 0 bridgehead atoms. The van der Waals surface area contributed by atoms with Gasteiger partial charge >= 0.3 is 6.09 Å². The number of piperidine rings is 2. The molecule has 3 atom stereocenters. The number of nitrogens with zero attached hydrogens (tertiary/aromatic N) is 6. The van der Waals surface area contributed by atoms with Gasteiger partial charge in [0.25, 0.3) is 0 Å². The number of likely N-dealkylation sites (N-methyl/N-ethyl adjacent to an activating group) is 1. The second-order valence-electron chi connectivity index (χ2n) is 12.4. The first-order chi connectivity index (χ1) is 19.8. The van der Waals surface area contributed by atoms with Gasteiger partial charge < -0.3 is 34.8 Å². The van der Waals surface area contributed by atoms with Crippen LogP contribution in [0.2, 0.25) is 0 Å². The van der Waals surface area contributed by atoms with Crippen LogP contribution in [0, 0.1) is 11.8 Å². The molecule has 0 spiro atoms. The third-order valence-corrected chi connectivity index (χ3v) is 8.56. The number of hydrogen-bond donors (Lipinski definition) is 2. The SMILES string of the molecule is CC(C)c1cnn2c(NC3C4CN(C(=O)OC5CN(C(=O)/C=C/CN(C)C)C5)CC43)cc(O[C@@H]3CCCNC3)nc12. The molecule has 2 unspecified atom stereocenters. The Hall–Kier alpha value is -3.38. The molecule has 0 aromatic carbocycles. The first-order valence-electron chi connectivity index (χ1n) is 14.8. The predicted molar refractivity (Wildman–Crippen MR) is 154 cm³/mol. The molecule has 2 amide bonds. The number of hydrogen-bond acceptors (Lipinski definition) is 9. The molecule has 4 aliphatic rings. The summed E-state index contributed by atoms with van der Waals surface area (Å²) >= 11 is 0. The van der Waals surface area contributed by atoms with Crippen molar-refractivity contribution in [2.24, 2.45) is 11.8 Å². The lowest BCUT2D eigenvalue weighted by Gasteiger charge is -2.38. The van der Waals surface area contributed by atoms with Crippen LogP contribution < -0.4 is 15.4 Å². The number of amides is 2. The molecule has 1 saturated carbocycles. The second-order valence-corrected chi connectivity index (χ2v) is 12.4. The van der Waals surface area contributed by atoms with E-state index in [4.69, 9.17) is 14.5 Å². The third kappa shape index (κ3) is 5.99. The molecule has 41 heavy (non-hydrogen) atoms. The molecular weight excluding hydrogens is 524 g/mol. The lowest BCUT2D eigenvalue weighted by atomic mass is 10.1. The van der Waals surface area contributed by atoms with E-state index >= 15 is 0 Å². The number of nitrogens with one attached hydrogen (secondary N) is 2. The van der Waals surface area contributed by atoms with Crippen LogP contribution in [-0.2, 0) is 9.53 Å². The molecule has 4 fully saturated rings. The maximum absolute atomic E-state index is 12.8. The average Bonchev–Trinajstić information content (AvgIpc) is 3.24. The fourth-order valence-corrected chi connectivity index (χ4v) is 6.06. The smallest absolute Gasteiger partial charge is 0.410 e. The van der Waals surface area contributed by atoms with Gasteiger partial charge in [0.05, 0.1) is 19.3 Å². The molecule has 222 valence electrons. The summed E-state index contributed by atoms with van der Waals surface area (Å²) in [5.41, 5.74) is 1.91. The predicted octanol–water partition coefficient (Wildman–Crippen LogP) is 1.79. The molecule has 12 heteroatoms. The summed E-state index contributed by atoms with van der Waals surface area (Å²) in [5, 5.41) is 11.7.